The van der Waals surface area contributed by atoms with E-state index < -0.39 is 36.0 Å². The quantitative estimate of drug-likeness (QED) is 0.246. The maximum Gasteiger partial charge on any atom is 0.494 e. The van der Waals surface area contributed by atoms with E-state index >= 15 is 0 Å². The van der Waals surface area contributed by atoms with E-state index in [9.17, 15) is 4.79 Å². The molecule has 0 unspecified atom stereocenters. The van der Waals surface area contributed by atoms with Crippen molar-refractivity contribution in [1.29, 1.82) is 0 Å². The Hall–Kier alpha value is -2.38. The van der Waals surface area contributed by atoms with Crippen LogP contribution in [0.4, 0.5) is 0 Å². The Morgan fingerprint density at radius 1 is 1.00 bits per heavy atom. The molecule has 7 heteroatoms. The number of carbonyl (C=O) groups is 1. The highest BCUT2D eigenvalue weighted by atomic mass is 35.5. The molecule has 1 atom stereocenters. The monoisotopic (exact) mass is 536 g/mol. The van der Waals surface area contributed by atoms with Crippen LogP contribution in [0.3, 0.4) is 0 Å². The van der Waals surface area contributed by atoms with Crippen LogP contribution in [0.1, 0.15) is 72.6 Å². The molecule has 0 bridgehead atoms. The number of benzene rings is 3. The lowest BCUT2D eigenvalue weighted by atomic mass is 9.77. The summed E-state index contributed by atoms with van der Waals surface area (Å²) in [6.07, 6.45) is -0.896. The summed E-state index contributed by atoms with van der Waals surface area (Å²) in [5, 5.41) is 2.64. The highest BCUT2D eigenvalue weighted by molar-refractivity contribution is 6.62. The molecule has 0 spiro atoms. The van der Waals surface area contributed by atoms with E-state index in [0.29, 0.717) is 5.02 Å². The molecule has 38 heavy (non-hydrogen) atoms. The average molecular weight is 537 g/mol. The zero-order valence-electron chi connectivity index (χ0n) is 23.9. The van der Waals surface area contributed by atoms with E-state index in [1.54, 1.807) is 6.92 Å². The van der Waals surface area contributed by atoms with Gasteiger partial charge in [-0.2, -0.15) is 0 Å². The van der Waals surface area contributed by atoms with Crippen molar-refractivity contribution in [2.24, 2.45) is 0 Å². The first kappa shape index (κ1) is 28.6. The Balaban J connectivity index is 1.95. The summed E-state index contributed by atoms with van der Waals surface area (Å²) >= 11 is 6.24. The molecule has 4 rings (SSSR count). The minimum absolute atomic E-state index is 0.267. The van der Waals surface area contributed by atoms with Crippen molar-refractivity contribution in [3.63, 3.8) is 0 Å². The molecule has 3 aromatic carbocycles. The number of halogens is 1. The summed E-state index contributed by atoms with van der Waals surface area (Å²) < 4.78 is 24.5. The van der Waals surface area contributed by atoms with Crippen LogP contribution in [-0.2, 0) is 23.6 Å². The molecule has 1 saturated heterocycles. The standard InChI is InChI=1S/C31H38BClO5/c1-10-35-28(34)27(36-29(3,4)5)25-19(2)17-21-18-22(32-37-30(6,7)31(8,9)38-32)13-16-24(21)26(25)20-11-14-23(33)15-12-20/h11-18,27H,10H2,1-9H3/t27-/m0/s1. The molecule has 5 nitrogen and oxygen atoms in total. The number of hydrogen-bond donors (Lipinski definition) is 0. The molecule has 0 amide bonds. The van der Waals surface area contributed by atoms with Gasteiger partial charge in [0.05, 0.1) is 23.4 Å². The first-order valence-electron chi connectivity index (χ1n) is 13.2. The van der Waals surface area contributed by atoms with Gasteiger partial charge in [-0.3, -0.25) is 0 Å². The Morgan fingerprint density at radius 3 is 2.16 bits per heavy atom. The Bertz CT molecular complexity index is 1330. The third-order valence-electron chi connectivity index (χ3n) is 7.30. The van der Waals surface area contributed by atoms with E-state index in [4.69, 9.17) is 30.4 Å². The van der Waals surface area contributed by atoms with Gasteiger partial charge in [-0.1, -0.05) is 48.0 Å². The fraction of sp³-hybridized carbons (Fsp3) is 0.452. The maximum absolute atomic E-state index is 13.3. The van der Waals surface area contributed by atoms with Gasteiger partial charge in [0.15, 0.2) is 6.10 Å². The van der Waals surface area contributed by atoms with Crippen molar-refractivity contribution in [3.8, 4) is 11.1 Å². The molecule has 202 valence electrons. The summed E-state index contributed by atoms with van der Waals surface area (Å²) in [6.45, 7) is 18.1. The topological polar surface area (TPSA) is 54.0 Å². The lowest BCUT2D eigenvalue weighted by Gasteiger charge is -2.32. The molecule has 3 aromatic rings. The molecular formula is C31H38BClO5. The van der Waals surface area contributed by atoms with Crippen molar-refractivity contribution in [1.82, 2.24) is 0 Å². The largest absolute Gasteiger partial charge is 0.494 e. The number of ether oxygens (including phenoxy) is 2. The smallest absolute Gasteiger partial charge is 0.464 e. The Labute approximate surface area is 231 Å². The fourth-order valence-corrected chi connectivity index (χ4v) is 4.90. The summed E-state index contributed by atoms with van der Waals surface area (Å²) in [5.41, 5.74) is 3.07. The normalized spacial score (nSPS) is 17.6. The fourth-order valence-electron chi connectivity index (χ4n) is 4.77. The predicted octanol–water partition coefficient (Wildman–Crippen LogP) is 7.19. The van der Waals surface area contributed by atoms with Crippen molar-refractivity contribution in [2.75, 3.05) is 6.61 Å². The Kier molecular flexibility index (Phi) is 7.77. The molecule has 1 aliphatic rings. The van der Waals surface area contributed by atoms with Gasteiger partial charge in [-0.25, -0.2) is 4.79 Å². The molecule has 0 radical (unpaired) electrons. The van der Waals surface area contributed by atoms with Gasteiger partial charge in [-0.05, 0) is 107 Å². The lowest BCUT2D eigenvalue weighted by Crippen LogP contribution is -2.41. The van der Waals surface area contributed by atoms with Gasteiger partial charge < -0.3 is 18.8 Å². The lowest BCUT2D eigenvalue weighted by molar-refractivity contribution is -0.166. The SMILES string of the molecule is CCOC(=O)[C@@H](OC(C)(C)C)c1c(C)cc2cc(B3OC(C)(C)C(C)(C)O3)ccc2c1-c1ccc(Cl)cc1. The molecule has 1 aliphatic heterocycles. The number of carbonyl (C=O) groups excluding carboxylic acids is 1. The van der Waals surface area contributed by atoms with E-state index in [1.807, 2.05) is 85.7 Å². The van der Waals surface area contributed by atoms with Crippen molar-refractivity contribution in [2.45, 2.75) is 85.2 Å². The van der Waals surface area contributed by atoms with Crippen molar-refractivity contribution >= 4 is 40.9 Å². The van der Waals surface area contributed by atoms with Gasteiger partial charge in [-0.15, -0.1) is 0 Å². The van der Waals surface area contributed by atoms with E-state index in [0.717, 1.165) is 38.5 Å². The summed E-state index contributed by atoms with van der Waals surface area (Å²) in [4.78, 5) is 13.3. The molecule has 1 fully saturated rings. The predicted molar refractivity (Wildman–Crippen MR) is 155 cm³/mol. The van der Waals surface area contributed by atoms with Crippen LogP contribution in [0.25, 0.3) is 21.9 Å². The molecule has 0 saturated carbocycles. The third kappa shape index (κ3) is 5.64. The first-order chi connectivity index (χ1) is 17.6. The number of fused-ring (bicyclic) bond motifs is 1. The molecule has 0 aliphatic carbocycles. The molecular weight excluding hydrogens is 499 g/mol. The van der Waals surface area contributed by atoms with Gasteiger partial charge >= 0.3 is 13.1 Å². The molecule has 1 heterocycles. The van der Waals surface area contributed by atoms with Crippen LogP contribution in [0.2, 0.25) is 5.02 Å². The van der Waals surface area contributed by atoms with Crippen LogP contribution < -0.4 is 5.46 Å². The van der Waals surface area contributed by atoms with Crippen LogP contribution in [-0.4, -0.2) is 36.5 Å². The second-order valence-corrected chi connectivity index (χ2v) is 12.4. The number of hydrogen-bond acceptors (Lipinski definition) is 5. The van der Waals surface area contributed by atoms with Gasteiger partial charge in [0, 0.05) is 10.6 Å². The van der Waals surface area contributed by atoms with E-state index in [2.05, 4.69) is 18.2 Å². The second-order valence-electron chi connectivity index (χ2n) is 11.9. The average Bonchev–Trinajstić information content (AvgIpc) is 3.03. The number of rotatable bonds is 6. The second kappa shape index (κ2) is 10.3. The molecule has 0 N–H and O–H groups in total. The minimum atomic E-state index is -0.896. The highest BCUT2D eigenvalue weighted by Crippen LogP contribution is 2.42. The zero-order valence-corrected chi connectivity index (χ0v) is 24.7. The van der Waals surface area contributed by atoms with Crippen LogP contribution in [0.5, 0.6) is 0 Å². The highest BCUT2D eigenvalue weighted by Gasteiger charge is 2.51. The number of esters is 1. The summed E-state index contributed by atoms with van der Waals surface area (Å²) in [5.74, 6) is -0.408. The van der Waals surface area contributed by atoms with Gasteiger partial charge in [0.25, 0.3) is 0 Å². The zero-order chi connectivity index (χ0) is 28.0. The Morgan fingerprint density at radius 2 is 1.61 bits per heavy atom. The van der Waals surface area contributed by atoms with Crippen LogP contribution in [0, 0.1) is 6.92 Å². The van der Waals surface area contributed by atoms with E-state index in [1.165, 1.54) is 0 Å². The van der Waals surface area contributed by atoms with Gasteiger partial charge in [0.2, 0.25) is 0 Å². The van der Waals surface area contributed by atoms with Crippen LogP contribution >= 0.6 is 11.6 Å². The summed E-state index contributed by atoms with van der Waals surface area (Å²) in [7, 11) is -0.472. The number of aryl methyl sites for hydroxylation is 1. The maximum atomic E-state index is 13.3. The van der Waals surface area contributed by atoms with E-state index in [-0.39, 0.29) is 6.61 Å². The third-order valence-corrected chi connectivity index (χ3v) is 7.56. The van der Waals surface area contributed by atoms with Crippen molar-refractivity contribution < 1.29 is 23.6 Å². The minimum Gasteiger partial charge on any atom is -0.464 e. The summed E-state index contributed by atoms with van der Waals surface area (Å²) in [6, 6.07) is 16.0. The van der Waals surface area contributed by atoms with Crippen molar-refractivity contribution in [3.05, 3.63) is 64.7 Å². The first-order valence-corrected chi connectivity index (χ1v) is 13.5. The van der Waals surface area contributed by atoms with Crippen LogP contribution in [0.15, 0.2) is 48.5 Å². The van der Waals surface area contributed by atoms with Gasteiger partial charge in [0.1, 0.15) is 0 Å². The molecule has 0 aromatic heterocycles.